The number of amides is 1. The Bertz CT molecular complexity index is 663. The molecule has 2 atom stereocenters. The molecule has 4 nitrogen and oxygen atoms in total. The lowest BCUT2D eigenvalue weighted by molar-refractivity contribution is 0.0784. The number of hydrogen-bond acceptors (Lipinski definition) is 3. The van der Waals surface area contributed by atoms with Gasteiger partial charge in [-0.1, -0.05) is 30.3 Å². The Morgan fingerprint density at radius 3 is 2.59 bits per heavy atom. The zero-order chi connectivity index (χ0) is 15.7. The summed E-state index contributed by atoms with van der Waals surface area (Å²) in [5.74, 6) is 2.12. The van der Waals surface area contributed by atoms with Crippen LogP contribution in [0.5, 0.6) is 0 Å². The number of hydrogen-bond donors (Lipinski definition) is 1. The van der Waals surface area contributed by atoms with E-state index in [2.05, 4.69) is 12.1 Å². The lowest BCUT2D eigenvalue weighted by Gasteiger charge is -2.16. The number of benzene rings is 1. The van der Waals surface area contributed by atoms with Gasteiger partial charge in [0.25, 0.3) is 5.91 Å². The van der Waals surface area contributed by atoms with Crippen LogP contribution in [-0.4, -0.2) is 30.4 Å². The van der Waals surface area contributed by atoms with Crippen molar-refractivity contribution in [1.29, 1.82) is 0 Å². The van der Waals surface area contributed by atoms with Crippen LogP contribution >= 0.6 is 0 Å². The average molecular weight is 298 g/mol. The van der Waals surface area contributed by atoms with Crippen molar-refractivity contribution < 1.29 is 9.21 Å². The first-order valence-electron chi connectivity index (χ1n) is 7.71. The Labute approximate surface area is 130 Å². The number of carbonyl (C=O) groups is 1. The van der Waals surface area contributed by atoms with E-state index < -0.39 is 0 Å². The third-order valence-corrected chi connectivity index (χ3v) is 4.53. The summed E-state index contributed by atoms with van der Waals surface area (Å²) in [6.07, 6.45) is 0. The van der Waals surface area contributed by atoms with Gasteiger partial charge in [0.05, 0.1) is 5.56 Å². The Balaban J connectivity index is 1.82. The summed E-state index contributed by atoms with van der Waals surface area (Å²) in [5, 5.41) is 0. The summed E-state index contributed by atoms with van der Waals surface area (Å²) < 4.78 is 5.49. The lowest BCUT2D eigenvalue weighted by atomic mass is 9.89. The fraction of sp³-hybridized carbons (Fsp3) is 0.389. The molecule has 1 aliphatic rings. The van der Waals surface area contributed by atoms with E-state index >= 15 is 0 Å². The van der Waals surface area contributed by atoms with Crippen molar-refractivity contribution in [3.8, 4) is 0 Å². The minimum absolute atomic E-state index is 0.0474. The van der Waals surface area contributed by atoms with Crippen LogP contribution in [0, 0.1) is 19.8 Å². The van der Waals surface area contributed by atoms with Crippen molar-refractivity contribution in [1.82, 2.24) is 4.90 Å². The van der Waals surface area contributed by atoms with E-state index in [1.165, 1.54) is 5.56 Å². The van der Waals surface area contributed by atoms with Crippen molar-refractivity contribution in [2.45, 2.75) is 19.8 Å². The molecule has 1 fully saturated rings. The maximum absolute atomic E-state index is 12.7. The van der Waals surface area contributed by atoms with Crippen LogP contribution in [0.1, 0.15) is 33.4 Å². The highest BCUT2D eigenvalue weighted by Gasteiger charge is 2.36. The molecule has 1 amide bonds. The average Bonchev–Trinajstić information content (AvgIpc) is 3.10. The van der Waals surface area contributed by atoms with E-state index in [4.69, 9.17) is 10.2 Å². The minimum Gasteiger partial charge on any atom is -0.466 e. The molecule has 0 unspecified atom stereocenters. The summed E-state index contributed by atoms with van der Waals surface area (Å²) in [6, 6.07) is 12.2. The van der Waals surface area contributed by atoms with Gasteiger partial charge >= 0.3 is 0 Å². The zero-order valence-electron chi connectivity index (χ0n) is 13.1. The monoisotopic (exact) mass is 298 g/mol. The molecule has 22 heavy (non-hydrogen) atoms. The van der Waals surface area contributed by atoms with Gasteiger partial charge in [-0.05, 0) is 37.9 Å². The Hall–Kier alpha value is -2.07. The highest BCUT2D eigenvalue weighted by atomic mass is 16.3. The van der Waals surface area contributed by atoms with Gasteiger partial charge in [-0.2, -0.15) is 0 Å². The highest BCUT2D eigenvalue weighted by Crippen LogP contribution is 2.33. The standard InChI is InChI=1S/C18H22N2O2/c1-12-8-16(13(2)22-12)18(21)20-10-15(9-19)17(11-20)14-6-4-3-5-7-14/h3-8,15,17H,9-11,19H2,1-2H3/t15-,17+/m1/s1. The first kappa shape index (κ1) is 14.9. The molecule has 0 saturated carbocycles. The second-order valence-corrected chi connectivity index (χ2v) is 6.05. The van der Waals surface area contributed by atoms with Crippen LogP contribution < -0.4 is 5.73 Å². The molecule has 0 spiro atoms. The van der Waals surface area contributed by atoms with Gasteiger partial charge in [0.2, 0.25) is 0 Å². The SMILES string of the molecule is Cc1cc(C(=O)N2C[C@@H](CN)[C@H](c3ccccc3)C2)c(C)o1. The van der Waals surface area contributed by atoms with Crippen LogP contribution in [0.3, 0.4) is 0 Å². The van der Waals surface area contributed by atoms with Gasteiger partial charge in [-0.3, -0.25) is 4.79 Å². The summed E-state index contributed by atoms with van der Waals surface area (Å²) in [6.45, 7) is 5.72. The molecule has 0 bridgehead atoms. The Morgan fingerprint density at radius 1 is 1.27 bits per heavy atom. The molecule has 0 radical (unpaired) electrons. The van der Waals surface area contributed by atoms with E-state index in [0.29, 0.717) is 42.8 Å². The van der Waals surface area contributed by atoms with Gasteiger partial charge in [0, 0.05) is 19.0 Å². The van der Waals surface area contributed by atoms with Crippen LogP contribution in [0.15, 0.2) is 40.8 Å². The predicted octanol–water partition coefficient (Wildman–Crippen LogP) is 2.71. The normalized spacial score (nSPS) is 21.3. The van der Waals surface area contributed by atoms with E-state index in [0.717, 1.165) is 5.76 Å². The number of furan rings is 1. The first-order valence-corrected chi connectivity index (χ1v) is 7.71. The summed E-state index contributed by atoms with van der Waals surface area (Å²) in [7, 11) is 0. The molecular formula is C18H22N2O2. The number of carbonyl (C=O) groups excluding carboxylic acids is 1. The van der Waals surface area contributed by atoms with Crippen molar-refractivity contribution >= 4 is 5.91 Å². The molecule has 1 saturated heterocycles. The number of nitrogens with two attached hydrogens (primary N) is 1. The fourth-order valence-corrected chi connectivity index (χ4v) is 3.37. The van der Waals surface area contributed by atoms with Crippen LogP contribution in [0.25, 0.3) is 0 Å². The van der Waals surface area contributed by atoms with Gasteiger partial charge < -0.3 is 15.1 Å². The third kappa shape index (κ3) is 2.66. The molecule has 4 heteroatoms. The second-order valence-electron chi connectivity index (χ2n) is 6.05. The molecule has 2 N–H and O–H groups in total. The minimum atomic E-state index is 0.0474. The van der Waals surface area contributed by atoms with Gasteiger partial charge in [0.1, 0.15) is 11.5 Å². The molecule has 2 aromatic rings. The maximum Gasteiger partial charge on any atom is 0.257 e. The van der Waals surface area contributed by atoms with Crippen LogP contribution in [0.2, 0.25) is 0 Å². The molecule has 1 aliphatic heterocycles. The van der Waals surface area contributed by atoms with Gasteiger partial charge in [-0.25, -0.2) is 0 Å². The van der Waals surface area contributed by atoms with Crippen molar-refractivity contribution in [2.75, 3.05) is 19.6 Å². The van der Waals surface area contributed by atoms with E-state index in [-0.39, 0.29) is 5.91 Å². The number of nitrogens with zero attached hydrogens (tertiary/aromatic N) is 1. The summed E-state index contributed by atoms with van der Waals surface area (Å²) >= 11 is 0. The van der Waals surface area contributed by atoms with Crippen molar-refractivity contribution in [3.63, 3.8) is 0 Å². The largest absolute Gasteiger partial charge is 0.466 e. The summed E-state index contributed by atoms with van der Waals surface area (Å²) in [5.41, 5.74) is 7.87. The number of likely N-dealkylation sites (tertiary alicyclic amines) is 1. The van der Waals surface area contributed by atoms with Crippen molar-refractivity contribution in [2.24, 2.45) is 11.7 Å². The molecular weight excluding hydrogens is 276 g/mol. The van der Waals surface area contributed by atoms with Gasteiger partial charge in [0.15, 0.2) is 0 Å². The third-order valence-electron chi connectivity index (χ3n) is 4.53. The smallest absolute Gasteiger partial charge is 0.257 e. The second kappa shape index (κ2) is 5.97. The Morgan fingerprint density at radius 2 is 2.00 bits per heavy atom. The number of aryl methyl sites for hydroxylation is 2. The van der Waals surface area contributed by atoms with Crippen LogP contribution in [-0.2, 0) is 0 Å². The lowest BCUT2D eigenvalue weighted by Crippen LogP contribution is -2.30. The molecule has 0 aliphatic carbocycles. The Kier molecular flexibility index (Phi) is 4.03. The predicted molar refractivity (Wildman–Crippen MR) is 85.8 cm³/mol. The van der Waals surface area contributed by atoms with Crippen molar-refractivity contribution in [3.05, 3.63) is 59.0 Å². The highest BCUT2D eigenvalue weighted by molar-refractivity contribution is 5.95. The molecule has 3 rings (SSSR count). The fourth-order valence-electron chi connectivity index (χ4n) is 3.37. The van der Waals surface area contributed by atoms with Crippen LogP contribution in [0.4, 0.5) is 0 Å². The molecule has 2 heterocycles. The molecule has 1 aromatic carbocycles. The zero-order valence-corrected chi connectivity index (χ0v) is 13.1. The first-order chi connectivity index (χ1) is 10.6. The molecule has 1 aromatic heterocycles. The van der Waals surface area contributed by atoms with E-state index in [9.17, 15) is 4.79 Å². The summed E-state index contributed by atoms with van der Waals surface area (Å²) in [4.78, 5) is 14.7. The quantitative estimate of drug-likeness (QED) is 0.948. The van der Waals surface area contributed by atoms with Gasteiger partial charge in [-0.15, -0.1) is 0 Å². The molecule has 116 valence electrons. The van der Waals surface area contributed by atoms with E-state index in [1.54, 1.807) is 0 Å². The topological polar surface area (TPSA) is 59.5 Å². The number of rotatable bonds is 3. The maximum atomic E-state index is 12.7. The van der Waals surface area contributed by atoms with E-state index in [1.807, 2.05) is 43.0 Å².